The highest BCUT2D eigenvalue weighted by molar-refractivity contribution is 5.98. The van der Waals surface area contributed by atoms with Gasteiger partial charge in [0, 0.05) is 11.4 Å². The summed E-state index contributed by atoms with van der Waals surface area (Å²) in [6.45, 7) is 8.03. The van der Waals surface area contributed by atoms with Gasteiger partial charge in [-0.3, -0.25) is 4.79 Å². The number of methoxy groups -OCH3 is 1. The molecule has 0 fully saturated rings. The molecular formula is C21H26N4O2. The summed E-state index contributed by atoms with van der Waals surface area (Å²) in [5.74, 6) is 0.675. The third-order valence-corrected chi connectivity index (χ3v) is 4.73. The number of hydrogen-bond donors (Lipinski definition) is 1. The Morgan fingerprint density at radius 3 is 2.56 bits per heavy atom. The highest BCUT2D eigenvalue weighted by Crippen LogP contribution is 2.23. The molecule has 6 nitrogen and oxygen atoms in total. The van der Waals surface area contributed by atoms with Crippen LogP contribution in [0.25, 0.3) is 11.0 Å². The van der Waals surface area contributed by atoms with Gasteiger partial charge in [0.15, 0.2) is 5.65 Å². The number of fused-ring (bicyclic) bond motifs is 1. The molecule has 2 heterocycles. The van der Waals surface area contributed by atoms with E-state index in [1.807, 2.05) is 41.9 Å². The van der Waals surface area contributed by atoms with Gasteiger partial charge in [-0.05, 0) is 51.0 Å². The molecule has 6 heteroatoms. The average Bonchev–Trinajstić information content (AvgIpc) is 3.08. The number of nitrogens with zero attached hydrogens (tertiary/aromatic N) is 3. The highest BCUT2D eigenvalue weighted by atomic mass is 16.5. The van der Waals surface area contributed by atoms with Crippen molar-refractivity contribution >= 4 is 16.9 Å². The van der Waals surface area contributed by atoms with Gasteiger partial charge in [0.1, 0.15) is 5.75 Å². The Morgan fingerprint density at radius 1 is 1.26 bits per heavy atom. The number of rotatable bonds is 6. The molecule has 0 aliphatic rings. The first-order chi connectivity index (χ1) is 12.9. The zero-order valence-electron chi connectivity index (χ0n) is 16.5. The van der Waals surface area contributed by atoms with E-state index in [-0.39, 0.29) is 18.0 Å². The van der Waals surface area contributed by atoms with Gasteiger partial charge < -0.3 is 10.1 Å². The number of ether oxygens (including phenoxy) is 1. The summed E-state index contributed by atoms with van der Waals surface area (Å²) in [7, 11) is 1.64. The summed E-state index contributed by atoms with van der Waals surface area (Å²) in [6.07, 6.45) is 2.55. The van der Waals surface area contributed by atoms with Crippen molar-refractivity contribution in [1.29, 1.82) is 0 Å². The van der Waals surface area contributed by atoms with E-state index in [0.717, 1.165) is 28.8 Å². The van der Waals surface area contributed by atoms with Crippen molar-refractivity contribution in [1.82, 2.24) is 20.1 Å². The van der Waals surface area contributed by atoms with Crippen molar-refractivity contribution in [2.24, 2.45) is 0 Å². The second kappa shape index (κ2) is 7.78. The number of nitrogens with one attached hydrogen (secondary N) is 1. The number of carbonyl (C=O) groups excluding carboxylic acids is 1. The van der Waals surface area contributed by atoms with Crippen molar-refractivity contribution in [3.8, 4) is 5.75 Å². The van der Waals surface area contributed by atoms with Gasteiger partial charge in [0.25, 0.3) is 5.91 Å². The van der Waals surface area contributed by atoms with Crippen LogP contribution in [0.1, 0.15) is 60.9 Å². The number of amides is 1. The van der Waals surface area contributed by atoms with Crippen LogP contribution in [0.4, 0.5) is 0 Å². The molecule has 1 aromatic carbocycles. The quantitative estimate of drug-likeness (QED) is 0.709. The standard InChI is InChI=1S/C21H26N4O2/c1-6-19(15-7-9-17(27-5)10-8-15)24-21(26)18-11-16-12-22-25(13(2)3)20(16)23-14(18)4/h7-13,19H,6H2,1-5H3,(H,24,26). The number of pyridine rings is 1. The Kier molecular flexibility index (Phi) is 5.44. The van der Waals surface area contributed by atoms with Crippen LogP contribution < -0.4 is 10.1 Å². The van der Waals surface area contributed by atoms with Crippen LogP contribution in [0.3, 0.4) is 0 Å². The first-order valence-electron chi connectivity index (χ1n) is 9.24. The van der Waals surface area contributed by atoms with E-state index in [2.05, 4.69) is 36.2 Å². The van der Waals surface area contributed by atoms with Crippen LogP contribution >= 0.6 is 0 Å². The topological polar surface area (TPSA) is 69.0 Å². The number of aryl methyl sites for hydroxylation is 1. The first-order valence-corrected chi connectivity index (χ1v) is 9.24. The molecule has 1 amide bonds. The molecule has 0 aliphatic carbocycles. The number of aromatic nitrogens is 3. The van der Waals surface area contributed by atoms with Crippen molar-refractivity contribution in [3.05, 3.63) is 53.3 Å². The van der Waals surface area contributed by atoms with Gasteiger partial charge in [-0.25, -0.2) is 9.67 Å². The van der Waals surface area contributed by atoms with E-state index >= 15 is 0 Å². The van der Waals surface area contributed by atoms with E-state index in [1.165, 1.54) is 0 Å². The van der Waals surface area contributed by atoms with E-state index in [4.69, 9.17) is 4.74 Å². The molecule has 1 unspecified atom stereocenters. The van der Waals surface area contributed by atoms with Gasteiger partial charge in [0.2, 0.25) is 0 Å². The normalized spacial score (nSPS) is 12.4. The maximum atomic E-state index is 12.9. The van der Waals surface area contributed by atoms with Gasteiger partial charge in [0.05, 0.1) is 30.6 Å². The van der Waals surface area contributed by atoms with Gasteiger partial charge in [-0.1, -0.05) is 19.1 Å². The van der Waals surface area contributed by atoms with Crippen molar-refractivity contribution in [2.45, 2.75) is 46.2 Å². The fourth-order valence-corrected chi connectivity index (χ4v) is 3.17. The molecule has 0 saturated carbocycles. The third kappa shape index (κ3) is 3.79. The molecular weight excluding hydrogens is 340 g/mol. The zero-order valence-corrected chi connectivity index (χ0v) is 16.5. The Bertz CT molecular complexity index is 945. The first kappa shape index (κ1) is 18.9. The molecule has 0 aliphatic heterocycles. The summed E-state index contributed by atoms with van der Waals surface area (Å²) < 4.78 is 7.08. The van der Waals surface area contributed by atoms with Crippen LogP contribution in [-0.4, -0.2) is 27.8 Å². The number of hydrogen-bond acceptors (Lipinski definition) is 4. The predicted molar refractivity (Wildman–Crippen MR) is 106 cm³/mol. The number of benzene rings is 1. The Labute approximate surface area is 159 Å². The van der Waals surface area contributed by atoms with Gasteiger partial charge in [-0.2, -0.15) is 5.10 Å². The summed E-state index contributed by atoms with van der Waals surface area (Å²) in [6, 6.07) is 9.79. The highest BCUT2D eigenvalue weighted by Gasteiger charge is 2.18. The van der Waals surface area contributed by atoms with Crippen LogP contribution in [0, 0.1) is 6.92 Å². The minimum atomic E-state index is -0.123. The smallest absolute Gasteiger partial charge is 0.253 e. The molecule has 2 aromatic heterocycles. The van der Waals surface area contributed by atoms with E-state index in [9.17, 15) is 4.79 Å². The summed E-state index contributed by atoms with van der Waals surface area (Å²) in [4.78, 5) is 17.5. The molecule has 3 rings (SSSR count). The van der Waals surface area contributed by atoms with Crippen molar-refractivity contribution < 1.29 is 9.53 Å². The van der Waals surface area contributed by atoms with E-state index < -0.39 is 0 Å². The Morgan fingerprint density at radius 2 is 1.96 bits per heavy atom. The third-order valence-electron chi connectivity index (χ3n) is 4.73. The summed E-state index contributed by atoms with van der Waals surface area (Å²) in [5.41, 5.74) is 3.14. The molecule has 0 saturated heterocycles. The monoisotopic (exact) mass is 366 g/mol. The van der Waals surface area contributed by atoms with Crippen LogP contribution in [0.15, 0.2) is 36.5 Å². The number of carbonyl (C=O) groups is 1. The van der Waals surface area contributed by atoms with Crippen molar-refractivity contribution in [2.75, 3.05) is 7.11 Å². The lowest BCUT2D eigenvalue weighted by molar-refractivity contribution is 0.0934. The second-order valence-electron chi connectivity index (χ2n) is 6.92. The minimum absolute atomic E-state index is 0.0723. The minimum Gasteiger partial charge on any atom is -0.497 e. The van der Waals surface area contributed by atoms with Crippen LogP contribution in [0.2, 0.25) is 0 Å². The average molecular weight is 366 g/mol. The van der Waals surface area contributed by atoms with Crippen LogP contribution in [0.5, 0.6) is 5.75 Å². The Balaban J connectivity index is 1.86. The lowest BCUT2D eigenvalue weighted by Crippen LogP contribution is -2.29. The van der Waals surface area contributed by atoms with E-state index in [1.54, 1.807) is 13.3 Å². The summed E-state index contributed by atoms with van der Waals surface area (Å²) >= 11 is 0. The molecule has 1 N–H and O–H groups in total. The fraction of sp³-hybridized carbons (Fsp3) is 0.381. The zero-order chi connectivity index (χ0) is 19.6. The molecule has 27 heavy (non-hydrogen) atoms. The largest absolute Gasteiger partial charge is 0.497 e. The molecule has 142 valence electrons. The van der Waals surface area contributed by atoms with Crippen LogP contribution in [-0.2, 0) is 0 Å². The predicted octanol–water partition coefficient (Wildman–Crippen LogP) is 4.21. The molecule has 0 bridgehead atoms. The fourth-order valence-electron chi connectivity index (χ4n) is 3.17. The van der Waals surface area contributed by atoms with Gasteiger partial charge in [-0.15, -0.1) is 0 Å². The molecule has 0 spiro atoms. The second-order valence-corrected chi connectivity index (χ2v) is 6.92. The van der Waals surface area contributed by atoms with E-state index in [0.29, 0.717) is 11.3 Å². The SMILES string of the molecule is CCC(NC(=O)c1cc2cnn(C(C)C)c2nc1C)c1ccc(OC)cc1. The Hall–Kier alpha value is -2.89. The molecule has 3 aromatic rings. The van der Waals surface area contributed by atoms with Crippen molar-refractivity contribution in [3.63, 3.8) is 0 Å². The lowest BCUT2D eigenvalue weighted by atomic mass is 10.0. The maximum absolute atomic E-state index is 12.9. The molecule has 0 radical (unpaired) electrons. The van der Waals surface area contributed by atoms with Gasteiger partial charge >= 0.3 is 0 Å². The summed E-state index contributed by atoms with van der Waals surface area (Å²) in [5, 5.41) is 8.39. The maximum Gasteiger partial charge on any atom is 0.253 e. The lowest BCUT2D eigenvalue weighted by Gasteiger charge is -2.18. The molecule has 1 atom stereocenters.